The number of nitrogens with zero attached hydrogens (tertiary/aromatic N) is 1. The number of sulfonamides is 1. The largest absolute Gasteiger partial charge is 0.385 e. The van der Waals surface area contributed by atoms with Crippen LogP contribution in [0.25, 0.3) is 0 Å². The van der Waals surface area contributed by atoms with Crippen molar-refractivity contribution in [1.82, 2.24) is 4.72 Å². The number of halogens is 1. The van der Waals surface area contributed by atoms with Gasteiger partial charge in [-0.15, -0.1) is 0 Å². The molecular weight excluding hydrogens is 276 g/mol. The van der Waals surface area contributed by atoms with Crippen molar-refractivity contribution in [1.29, 1.82) is 5.26 Å². The van der Waals surface area contributed by atoms with Crippen LogP contribution in [-0.4, -0.2) is 28.7 Å². The Balaban J connectivity index is 2.80. The average Bonchev–Trinajstić information content (AvgIpc) is 2.34. The molecule has 0 saturated heterocycles. The number of nitriles is 1. The lowest BCUT2D eigenvalue weighted by Gasteiger charge is -2.07. The second-order valence-electron chi connectivity index (χ2n) is 3.50. The van der Waals surface area contributed by atoms with Crippen molar-refractivity contribution in [2.24, 2.45) is 0 Å². The summed E-state index contributed by atoms with van der Waals surface area (Å²) in [7, 11) is -2.04. The molecule has 1 aromatic carbocycles. The van der Waals surface area contributed by atoms with E-state index < -0.39 is 10.0 Å². The van der Waals surface area contributed by atoms with E-state index >= 15 is 0 Å². The van der Waals surface area contributed by atoms with E-state index in [9.17, 15) is 8.42 Å². The molecule has 1 aromatic rings. The van der Waals surface area contributed by atoms with Crippen molar-refractivity contribution in [2.45, 2.75) is 11.3 Å². The molecule has 0 aliphatic rings. The second-order valence-corrected chi connectivity index (χ2v) is 5.67. The fourth-order valence-corrected chi connectivity index (χ4v) is 2.65. The molecule has 0 bridgehead atoms. The number of hydrogen-bond acceptors (Lipinski definition) is 4. The number of methoxy groups -OCH3 is 1. The lowest BCUT2D eigenvalue weighted by Crippen LogP contribution is -2.25. The third-order valence-corrected chi connectivity index (χ3v) is 3.96. The summed E-state index contributed by atoms with van der Waals surface area (Å²) in [5, 5.41) is 8.82. The fourth-order valence-electron chi connectivity index (χ4n) is 1.26. The first-order valence-corrected chi connectivity index (χ1v) is 7.05. The third kappa shape index (κ3) is 3.96. The van der Waals surface area contributed by atoms with Crippen molar-refractivity contribution in [3.63, 3.8) is 0 Å². The Hall–Kier alpha value is -1.13. The Morgan fingerprint density at radius 1 is 1.50 bits per heavy atom. The van der Waals surface area contributed by atoms with E-state index in [0.717, 1.165) is 0 Å². The van der Waals surface area contributed by atoms with Gasteiger partial charge in [0.1, 0.15) is 6.07 Å². The van der Waals surface area contributed by atoms with Crippen LogP contribution in [0.2, 0.25) is 5.02 Å². The highest BCUT2D eigenvalue weighted by Gasteiger charge is 2.14. The molecule has 18 heavy (non-hydrogen) atoms. The summed E-state index contributed by atoms with van der Waals surface area (Å²) >= 11 is 5.78. The van der Waals surface area contributed by atoms with E-state index in [2.05, 4.69) is 4.72 Å². The Labute approximate surface area is 111 Å². The summed E-state index contributed by atoms with van der Waals surface area (Å²) in [5.41, 5.74) is 0.245. The molecule has 0 aliphatic carbocycles. The summed E-state index contributed by atoms with van der Waals surface area (Å²) in [6.07, 6.45) is 0.583. The van der Waals surface area contributed by atoms with Crippen molar-refractivity contribution < 1.29 is 13.2 Å². The molecule has 0 atom stereocenters. The van der Waals surface area contributed by atoms with Gasteiger partial charge in [-0.1, -0.05) is 11.6 Å². The average molecular weight is 289 g/mol. The van der Waals surface area contributed by atoms with Crippen molar-refractivity contribution >= 4 is 21.6 Å². The van der Waals surface area contributed by atoms with Gasteiger partial charge in [0.2, 0.25) is 10.0 Å². The minimum Gasteiger partial charge on any atom is -0.385 e. The monoisotopic (exact) mass is 288 g/mol. The molecular formula is C11H13ClN2O3S. The molecule has 0 radical (unpaired) electrons. The first-order chi connectivity index (χ1) is 8.51. The van der Waals surface area contributed by atoms with Crippen LogP contribution in [0.4, 0.5) is 0 Å². The Morgan fingerprint density at radius 3 is 2.78 bits per heavy atom. The van der Waals surface area contributed by atoms with E-state index in [4.69, 9.17) is 21.6 Å². The van der Waals surface area contributed by atoms with Crippen LogP contribution in [0.5, 0.6) is 0 Å². The zero-order chi connectivity index (χ0) is 13.6. The van der Waals surface area contributed by atoms with Crippen LogP contribution in [0, 0.1) is 11.3 Å². The SMILES string of the molecule is COCCCNS(=O)(=O)c1ccc(C#N)c(Cl)c1. The molecule has 0 spiro atoms. The highest BCUT2D eigenvalue weighted by Crippen LogP contribution is 2.19. The van der Waals surface area contributed by atoms with Crippen molar-refractivity contribution in [3.05, 3.63) is 28.8 Å². The lowest BCUT2D eigenvalue weighted by atomic mass is 10.2. The summed E-state index contributed by atoms with van der Waals surface area (Å²) in [4.78, 5) is 0.0453. The standard InChI is InChI=1S/C11H13ClN2O3S/c1-17-6-2-5-14-18(15,16)10-4-3-9(8-13)11(12)7-10/h3-4,7,14H,2,5-6H2,1H3. The first kappa shape index (κ1) is 14.9. The molecule has 0 aromatic heterocycles. The van der Waals surface area contributed by atoms with Crippen molar-refractivity contribution in [2.75, 3.05) is 20.3 Å². The Bertz CT molecular complexity index is 552. The first-order valence-electron chi connectivity index (χ1n) is 5.19. The van der Waals surface area contributed by atoms with Crippen LogP contribution < -0.4 is 4.72 Å². The number of ether oxygens (including phenoxy) is 1. The quantitative estimate of drug-likeness (QED) is 0.805. The summed E-state index contributed by atoms with van der Waals surface area (Å²) < 4.78 is 31.0. The zero-order valence-corrected chi connectivity index (χ0v) is 11.4. The van der Waals surface area contributed by atoms with Gasteiger partial charge in [0, 0.05) is 20.3 Å². The van der Waals surface area contributed by atoms with Crippen LogP contribution >= 0.6 is 11.6 Å². The summed E-state index contributed by atoms with van der Waals surface area (Å²) in [6.45, 7) is 0.768. The molecule has 5 nitrogen and oxygen atoms in total. The molecule has 7 heteroatoms. The number of nitrogens with one attached hydrogen (secondary N) is 1. The molecule has 0 aliphatic heterocycles. The molecule has 0 saturated carbocycles. The van der Waals surface area contributed by atoms with Gasteiger partial charge >= 0.3 is 0 Å². The summed E-state index contributed by atoms with van der Waals surface area (Å²) in [6, 6.07) is 5.86. The minimum atomic E-state index is -3.59. The van der Waals surface area contributed by atoms with Gasteiger partial charge < -0.3 is 4.74 Å². The lowest BCUT2D eigenvalue weighted by molar-refractivity contribution is 0.196. The highest BCUT2D eigenvalue weighted by atomic mass is 35.5. The Morgan fingerprint density at radius 2 is 2.22 bits per heavy atom. The van der Waals surface area contributed by atoms with E-state index in [1.165, 1.54) is 18.2 Å². The van der Waals surface area contributed by atoms with E-state index in [0.29, 0.717) is 13.0 Å². The van der Waals surface area contributed by atoms with Gasteiger partial charge in [0.15, 0.2) is 0 Å². The number of benzene rings is 1. The van der Waals surface area contributed by atoms with Crippen molar-refractivity contribution in [3.8, 4) is 6.07 Å². The molecule has 1 rings (SSSR count). The second kappa shape index (κ2) is 6.71. The van der Waals surface area contributed by atoms with Gasteiger partial charge in [0.05, 0.1) is 15.5 Å². The Kier molecular flexibility index (Phi) is 5.56. The van der Waals surface area contributed by atoms with Gasteiger partial charge in [-0.25, -0.2) is 13.1 Å². The van der Waals surface area contributed by atoms with E-state index in [1.807, 2.05) is 6.07 Å². The highest BCUT2D eigenvalue weighted by molar-refractivity contribution is 7.89. The molecule has 0 fully saturated rings. The maximum atomic E-state index is 11.9. The maximum Gasteiger partial charge on any atom is 0.240 e. The molecule has 1 N–H and O–H groups in total. The minimum absolute atomic E-state index is 0.0453. The van der Waals surface area contributed by atoms with Crippen LogP contribution in [-0.2, 0) is 14.8 Å². The van der Waals surface area contributed by atoms with Crippen LogP contribution in [0.1, 0.15) is 12.0 Å². The predicted molar refractivity (Wildman–Crippen MR) is 67.8 cm³/mol. The molecule has 0 heterocycles. The maximum absolute atomic E-state index is 11.9. The van der Waals surface area contributed by atoms with E-state index in [1.54, 1.807) is 7.11 Å². The molecule has 98 valence electrons. The molecule has 0 unspecified atom stereocenters. The zero-order valence-electron chi connectivity index (χ0n) is 9.81. The molecule has 0 amide bonds. The normalized spacial score (nSPS) is 11.2. The third-order valence-electron chi connectivity index (χ3n) is 2.19. The van der Waals surface area contributed by atoms with Gasteiger partial charge in [-0.3, -0.25) is 0 Å². The number of hydrogen-bond donors (Lipinski definition) is 1. The van der Waals surface area contributed by atoms with Gasteiger partial charge in [-0.05, 0) is 24.6 Å². The fraction of sp³-hybridized carbons (Fsp3) is 0.364. The van der Waals surface area contributed by atoms with Crippen LogP contribution in [0.15, 0.2) is 23.1 Å². The summed E-state index contributed by atoms with van der Waals surface area (Å²) in [5.74, 6) is 0. The number of rotatable bonds is 6. The smallest absolute Gasteiger partial charge is 0.240 e. The van der Waals surface area contributed by atoms with E-state index in [-0.39, 0.29) is 22.0 Å². The van der Waals surface area contributed by atoms with Gasteiger partial charge in [0.25, 0.3) is 0 Å². The topological polar surface area (TPSA) is 79.2 Å². The van der Waals surface area contributed by atoms with Crippen LogP contribution in [0.3, 0.4) is 0 Å². The predicted octanol–water partition coefficient (Wildman–Crippen LogP) is 1.53. The van der Waals surface area contributed by atoms with Gasteiger partial charge in [-0.2, -0.15) is 5.26 Å².